The largest absolute Gasteiger partial charge is 0.486 e. The number of benzene rings is 1. The molecule has 0 aliphatic carbocycles. The normalized spacial score (nSPS) is 19.8. The first-order valence-electron chi connectivity index (χ1n) is 5.96. The number of rotatable bonds is 3. The number of carbonyl (C=O) groups is 1. The van der Waals surface area contributed by atoms with Crippen molar-refractivity contribution in [3.8, 4) is 5.75 Å². The van der Waals surface area contributed by atoms with Crippen molar-refractivity contribution in [3.05, 3.63) is 23.8 Å². The van der Waals surface area contributed by atoms with Gasteiger partial charge in [-0.15, -0.1) is 0 Å². The van der Waals surface area contributed by atoms with Gasteiger partial charge in [0.2, 0.25) is 0 Å². The molecule has 0 amide bonds. The number of anilines is 1. The van der Waals surface area contributed by atoms with Crippen LogP contribution in [0.3, 0.4) is 0 Å². The van der Waals surface area contributed by atoms with Gasteiger partial charge in [-0.3, -0.25) is 4.79 Å². The van der Waals surface area contributed by atoms with Crippen molar-refractivity contribution in [1.82, 2.24) is 0 Å². The quantitative estimate of drug-likeness (QED) is 0.783. The summed E-state index contributed by atoms with van der Waals surface area (Å²) in [5.74, 6) is 0.761. The summed E-state index contributed by atoms with van der Waals surface area (Å²) in [6, 6.07) is 4.94. The number of nitrogens with two attached hydrogens (primary N) is 1. The van der Waals surface area contributed by atoms with Crippen molar-refractivity contribution < 1.29 is 9.53 Å². The van der Waals surface area contributed by atoms with Crippen LogP contribution < -0.4 is 15.8 Å². The van der Waals surface area contributed by atoms with Crippen LogP contribution >= 0.6 is 0 Å². The molecular formula is C13H18N2O2. The molecule has 17 heavy (non-hydrogen) atoms. The van der Waals surface area contributed by atoms with Crippen LogP contribution in [0.25, 0.3) is 0 Å². The van der Waals surface area contributed by atoms with Crippen molar-refractivity contribution in [2.75, 3.05) is 11.9 Å². The number of hydrogen-bond acceptors (Lipinski definition) is 4. The van der Waals surface area contributed by atoms with Gasteiger partial charge in [-0.05, 0) is 31.5 Å². The average Bonchev–Trinajstić information content (AvgIpc) is 2.36. The molecule has 1 aliphatic rings. The molecule has 0 bridgehead atoms. The summed E-state index contributed by atoms with van der Waals surface area (Å²) in [5, 5.41) is 3.28. The zero-order valence-corrected chi connectivity index (χ0v) is 10.2. The Labute approximate surface area is 101 Å². The van der Waals surface area contributed by atoms with Gasteiger partial charge in [0.1, 0.15) is 11.9 Å². The highest BCUT2D eigenvalue weighted by Crippen LogP contribution is 2.30. The van der Waals surface area contributed by atoms with Crippen LogP contribution in [-0.2, 0) is 0 Å². The van der Waals surface area contributed by atoms with Crippen LogP contribution in [0, 0.1) is 0 Å². The van der Waals surface area contributed by atoms with Crippen LogP contribution in [0.4, 0.5) is 5.69 Å². The third-order valence-corrected chi connectivity index (χ3v) is 2.95. The van der Waals surface area contributed by atoms with E-state index in [9.17, 15) is 4.79 Å². The van der Waals surface area contributed by atoms with Crippen LogP contribution in [0.5, 0.6) is 5.75 Å². The van der Waals surface area contributed by atoms with Gasteiger partial charge < -0.3 is 15.8 Å². The lowest BCUT2D eigenvalue weighted by molar-refractivity contribution is 0.0968. The second-order valence-electron chi connectivity index (χ2n) is 4.39. The molecule has 1 aliphatic heterocycles. The van der Waals surface area contributed by atoms with Crippen LogP contribution in [0.2, 0.25) is 0 Å². The minimum Gasteiger partial charge on any atom is -0.486 e. The van der Waals surface area contributed by atoms with E-state index in [2.05, 4.69) is 12.2 Å². The maximum Gasteiger partial charge on any atom is 0.179 e. The van der Waals surface area contributed by atoms with E-state index in [1.54, 1.807) is 13.0 Å². The molecule has 0 spiro atoms. The molecule has 0 aromatic heterocycles. The molecule has 2 atom stereocenters. The van der Waals surface area contributed by atoms with Crippen LogP contribution in [0.15, 0.2) is 18.2 Å². The smallest absolute Gasteiger partial charge is 0.179 e. The molecule has 1 aromatic carbocycles. The fourth-order valence-corrected chi connectivity index (χ4v) is 1.86. The van der Waals surface area contributed by atoms with E-state index in [1.165, 1.54) is 0 Å². The number of ketones is 1. The highest BCUT2D eigenvalue weighted by Gasteiger charge is 2.19. The molecule has 2 rings (SSSR count). The molecule has 1 heterocycles. The lowest BCUT2D eigenvalue weighted by Gasteiger charge is -2.27. The van der Waals surface area contributed by atoms with E-state index in [0.29, 0.717) is 5.56 Å². The van der Waals surface area contributed by atoms with Gasteiger partial charge in [0.05, 0.1) is 18.3 Å². The minimum absolute atomic E-state index is 0.0489. The lowest BCUT2D eigenvalue weighted by atomic mass is 10.0. The van der Waals surface area contributed by atoms with E-state index < -0.39 is 6.04 Å². The van der Waals surface area contributed by atoms with Gasteiger partial charge in [0.25, 0.3) is 0 Å². The second-order valence-corrected chi connectivity index (χ2v) is 4.39. The number of carbonyl (C=O) groups excluding carboxylic acids is 1. The number of Topliss-reactive ketones (excluding diaryl/α,β-unsaturated/α-hetero) is 1. The Kier molecular flexibility index (Phi) is 3.33. The summed E-state index contributed by atoms with van der Waals surface area (Å²) in [7, 11) is 0. The Morgan fingerprint density at radius 3 is 3.06 bits per heavy atom. The predicted molar refractivity (Wildman–Crippen MR) is 67.6 cm³/mol. The molecule has 4 nitrogen and oxygen atoms in total. The van der Waals surface area contributed by atoms with Gasteiger partial charge in [0, 0.05) is 5.56 Å². The standard InChI is InChI=1S/C13H18N2O2/c1-3-10-7-15-11-6-9(13(16)8(2)14)4-5-12(11)17-10/h4-6,8,10,15H,3,7,14H2,1-2H3. The molecular weight excluding hydrogens is 216 g/mol. The predicted octanol–water partition coefficient (Wildman–Crippen LogP) is 1.80. The molecule has 0 saturated carbocycles. The number of nitrogens with one attached hydrogen (secondary N) is 1. The summed E-state index contributed by atoms with van der Waals surface area (Å²) in [6.45, 7) is 4.56. The van der Waals surface area contributed by atoms with E-state index in [1.807, 2.05) is 12.1 Å². The van der Waals surface area contributed by atoms with E-state index in [4.69, 9.17) is 10.5 Å². The highest BCUT2D eigenvalue weighted by molar-refractivity contribution is 6.00. The van der Waals surface area contributed by atoms with E-state index in [-0.39, 0.29) is 11.9 Å². The topological polar surface area (TPSA) is 64.4 Å². The summed E-state index contributed by atoms with van der Waals surface area (Å²) in [5.41, 5.74) is 7.09. The zero-order valence-electron chi connectivity index (χ0n) is 10.2. The molecule has 0 saturated heterocycles. The second kappa shape index (κ2) is 4.75. The molecule has 3 N–H and O–H groups in total. The lowest BCUT2D eigenvalue weighted by Crippen LogP contribution is -2.30. The summed E-state index contributed by atoms with van der Waals surface area (Å²) < 4.78 is 5.77. The van der Waals surface area contributed by atoms with Gasteiger partial charge >= 0.3 is 0 Å². The molecule has 0 radical (unpaired) electrons. The third kappa shape index (κ3) is 2.42. The summed E-state index contributed by atoms with van der Waals surface area (Å²) in [6.07, 6.45) is 1.17. The Hall–Kier alpha value is -1.55. The first-order valence-corrected chi connectivity index (χ1v) is 5.96. The Bertz CT molecular complexity index is 429. The van der Waals surface area contributed by atoms with Gasteiger partial charge in [-0.2, -0.15) is 0 Å². The Morgan fingerprint density at radius 2 is 2.41 bits per heavy atom. The SMILES string of the molecule is CCC1CNc2cc(C(=O)C(C)N)ccc2O1. The van der Waals surface area contributed by atoms with E-state index in [0.717, 1.165) is 24.4 Å². The average molecular weight is 234 g/mol. The summed E-state index contributed by atoms with van der Waals surface area (Å²) in [4.78, 5) is 11.8. The fourth-order valence-electron chi connectivity index (χ4n) is 1.86. The van der Waals surface area contributed by atoms with Gasteiger partial charge in [-0.25, -0.2) is 0 Å². The molecule has 4 heteroatoms. The first-order chi connectivity index (χ1) is 8.11. The maximum atomic E-state index is 11.8. The van der Waals surface area contributed by atoms with Crippen molar-refractivity contribution in [3.63, 3.8) is 0 Å². The molecule has 0 fully saturated rings. The van der Waals surface area contributed by atoms with Crippen LogP contribution in [-0.4, -0.2) is 24.5 Å². The monoisotopic (exact) mass is 234 g/mol. The van der Waals surface area contributed by atoms with Crippen molar-refractivity contribution in [2.24, 2.45) is 5.73 Å². The number of ether oxygens (including phenoxy) is 1. The van der Waals surface area contributed by atoms with E-state index >= 15 is 0 Å². The Morgan fingerprint density at radius 1 is 1.65 bits per heavy atom. The fraction of sp³-hybridized carbons (Fsp3) is 0.462. The first kappa shape index (κ1) is 11.9. The molecule has 1 aromatic rings. The number of fused-ring (bicyclic) bond motifs is 1. The van der Waals surface area contributed by atoms with Crippen LogP contribution in [0.1, 0.15) is 30.6 Å². The van der Waals surface area contributed by atoms with Gasteiger partial charge in [-0.1, -0.05) is 6.92 Å². The maximum absolute atomic E-state index is 11.8. The molecule has 92 valence electrons. The van der Waals surface area contributed by atoms with Gasteiger partial charge in [0.15, 0.2) is 5.78 Å². The highest BCUT2D eigenvalue weighted by atomic mass is 16.5. The van der Waals surface area contributed by atoms with Crippen molar-refractivity contribution in [1.29, 1.82) is 0 Å². The van der Waals surface area contributed by atoms with Crippen molar-refractivity contribution >= 4 is 11.5 Å². The molecule has 2 unspecified atom stereocenters. The number of hydrogen-bond donors (Lipinski definition) is 2. The Balaban J connectivity index is 2.24. The third-order valence-electron chi connectivity index (χ3n) is 2.95. The zero-order chi connectivity index (χ0) is 12.4. The van der Waals surface area contributed by atoms with Crippen molar-refractivity contribution in [2.45, 2.75) is 32.4 Å². The summed E-state index contributed by atoms with van der Waals surface area (Å²) >= 11 is 0. The minimum atomic E-state index is -0.471.